The van der Waals surface area contributed by atoms with Crippen LogP contribution < -0.4 is 0 Å². The monoisotopic (exact) mass is 286 g/mol. The van der Waals surface area contributed by atoms with Crippen LogP contribution in [0.1, 0.15) is 12.6 Å². The highest BCUT2D eigenvalue weighted by Crippen LogP contribution is 2.27. The Labute approximate surface area is 89.4 Å². The Balaban J connectivity index is 3.47. The summed E-state index contributed by atoms with van der Waals surface area (Å²) in [5.41, 5.74) is 0.546. The van der Waals surface area contributed by atoms with E-state index in [2.05, 4.69) is 21.0 Å². The van der Waals surface area contributed by atoms with Crippen LogP contribution >= 0.6 is 26.6 Å². The SMILES string of the molecule is CCn1nc(Br)c(S(=O)(=O)Cl)c1C. The van der Waals surface area contributed by atoms with Crippen LogP contribution in [0.4, 0.5) is 0 Å². The average Bonchev–Trinajstić information content (AvgIpc) is 2.24. The zero-order valence-corrected chi connectivity index (χ0v) is 10.2. The van der Waals surface area contributed by atoms with Gasteiger partial charge in [0.25, 0.3) is 9.05 Å². The third-order valence-electron chi connectivity index (χ3n) is 1.66. The summed E-state index contributed by atoms with van der Waals surface area (Å²) >= 11 is 3.05. The van der Waals surface area contributed by atoms with E-state index in [0.29, 0.717) is 12.2 Å². The van der Waals surface area contributed by atoms with Crippen molar-refractivity contribution in [2.75, 3.05) is 0 Å². The second kappa shape index (κ2) is 3.59. The van der Waals surface area contributed by atoms with Gasteiger partial charge in [-0.3, -0.25) is 4.68 Å². The molecular weight excluding hydrogens is 280 g/mol. The third-order valence-corrected chi connectivity index (χ3v) is 3.91. The second-order valence-corrected chi connectivity index (χ2v) is 5.71. The topological polar surface area (TPSA) is 52.0 Å². The Morgan fingerprint density at radius 1 is 1.62 bits per heavy atom. The van der Waals surface area contributed by atoms with Gasteiger partial charge in [-0.15, -0.1) is 0 Å². The smallest absolute Gasteiger partial charge is 0.265 e. The van der Waals surface area contributed by atoms with Crippen molar-refractivity contribution in [1.82, 2.24) is 9.78 Å². The molecule has 0 bridgehead atoms. The summed E-state index contributed by atoms with van der Waals surface area (Å²) < 4.78 is 24.0. The van der Waals surface area contributed by atoms with Crippen LogP contribution in [0.2, 0.25) is 0 Å². The van der Waals surface area contributed by atoms with Gasteiger partial charge in [0, 0.05) is 17.2 Å². The van der Waals surface area contributed by atoms with Crippen LogP contribution in [0.5, 0.6) is 0 Å². The van der Waals surface area contributed by atoms with Crippen LogP contribution in [0.3, 0.4) is 0 Å². The molecule has 0 aliphatic carbocycles. The Kier molecular flexibility index (Phi) is 3.04. The molecule has 1 heterocycles. The van der Waals surface area contributed by atoms with Gasteiger partial charge in [0.1, 0.15) is 9.50 Å². The van der Waals surface area contributed by atoms with E-state index in [1.807, 2.05) is 6.92 Å². The zero-order chi connectivity index (χ0) is 10.2. The molecule has 0 saturated carbocycles. The lowest BCUT2D eigenvalue weighted by molar-refractivity contribution is 0.606. The first kappa shape index (κ1) is 11.0. The Morgan fingerprint density at radius 2 is 2.15 bits per heavy atom. The van der Waals surface area contributed by atoms with Gasteiger partial charge >= 0.3 is 0 Å². The van der Waals surface area contributed by atoms with Gasteiger partial charge in [-0.25, -0.2) is 8.42 Å². The summed E-state index contributed by atoms with van der Waals surface area (Å²) in [6, 6.07) is 0. The molecule has 0 spiro atoms. The van der Waals surface area contributed by atoms with Crippen molar-refractivity contribution in [2.45, 2.75) is 25.3 Å². The van der Waals surface area contributed by atoms with E-state index >= 15 is 0 Å². The van der Waals surface area contributed by atoms with Crippen LogP contribution in [-0.4, -0.2) is 18.2 Å². The van der Waals surface area contributed by atoms with Crippen LogP contribution in [0, 0.1) is 6.92 Å². The number of halogens is 2. The quantitative estimate of drug-likeness (QED) is 0.781. The lowest BCUT2D eigenvalue weighted by atomic mass is 10.5. The molecule has 74 valence electrons. The largest absolute Gasteiger partial charge is 0.268 e. The van der Waals surface area contributed by atoms with Crippen molar-refractivity contribution >= 4 is 35.7 Å². The maximum absolute atomic E-state index is 11.1. The highest BCUT2D eigenvalue weighted by atomic mass is 79.9. The number of nitrogens with zero attached hydrogens (tertiary/aromatic N) is 2. The van der Waals surface area contributed by atoms with E-state index < -0.39 is 9.05 Å². The summed E-state index contributed by atoms with van der Waals surface area (Å²) in [5, 5.41) is 3.96. The van der Waals surface area contributed by atoms with Gasteiger partial charge in [-0.2, -0.15) is 5.10 Å². The highest BCUT2D eigenvalue weighted by Gasteiger charge is 2.22. The van der Waals surface area contributed by atoms with Crippen LogP contribution in [0.15, 0.2) is 9.50 Å². The highest BCUT2D eigenvalue weighted by molar-refractivity contribution is 9.10. The van der Waals surface area contributed by atoms with Crippen molar-refractivity contribution in [3.05, 3.63) is 10.3 Å². The molecule has 0 unspecified atom stereocenters. The average molecular weight is 288 g/mol. The number of aromatic nitrogens is 2. The molecule has 0 aliphatic rings. The first-order valence-corrected chi connectivity index (χ1v) is 6.65. The Hall–Kier alpha value is -0.0700. The van der Waals surface area contributed by atoms with Crippen molar-refractivity contribution in [3.8, 4) is 0 Å². The Bertz CT molecular complexity index is 426. The molecule has 1 aromatic rings. The molecule has 0 fully saturated rings. The maximum atomic E-state index is 11.1. The normalized spacial score (nSPS) is 12.0. The molecule has 0 aliphatic heterocycles. The van der Waals surface area contributed by atoms with Crippen molar-refractivity contribution < 1.29 is 8.42 Å². The number of hydrogen-bond acceptors (Lipinski definition) is 3. The molecule has 0 atom stereocenters. The predicted molar refractivity (Wildman–Crippen MR) is 53.4 cm³/mol. The van der Waals surface area contributed by atoms with E-state index in [1.54, 1.807) is 11.6 Å². The maximum Gasteiger partial charge on any atom is 0.265 e. The molecule has 1 rings (SSSR count). The first-order chi connectivity index (χ1) is 5.88. The molecule has 0 amide bonds. The van der Waals surface area contributed by atoms with Gasteiger partial charge in [0.15, 0.2) is 0 Å². The second-order valence-electron chi connectivity index (χ2n) is 2.46. The minimum atomic E-state index is -3.71. The van der Waals surface area contributed by atoms with E-state index in [1.165, 1.54) is 0 Å². The Morgan fingerprint density at radius 3 is 2.38 bits per heavy atom. The molecule has 0 N–H and O–H groups in total. The van der Waals surface area contributed by atoms with E-state index in [9.17, 15) is 8.42 Å². The van der Waals surface area contributed by atoms with Crippen LogP contribution in [-0.2, 0) is 15.6 Å². The first-order valence-electron chi connectivity index (χ1n) is 3.55. The zero-order valence-electron chi connectivity index (χ0n) is 7.08. The van der Waals surface area contributed by atoms with Gasteiger partial charge in [-0.1, -0.05) is 0 Å². The van der Waals surface area contributed by atoms with Gasteiger partial charge < -0.3 is 0 Å². The molecule has 7 heteroatoms. The fourth-order valence-corrected chi connectivity index (χ4v) is 3.73. The van der Waals surface area contributed by atoms with Gasteiger partial charge in [0.05, 0.1) is 5.69 Å². The van der Waals surface area contributed by atoms with Crippen molar-refractivity contribution in [2.24, 2.45) is 0 Å². The van der Waals surface area contributed by atoms with Crippen molar-refractivity contribution in [3.63, 3.8) is 0 Å². The molecule has 4 nitrogen and oxygen atoms in total. The summed E-state index contributed by atoms with van der Waals surface area (Å²) in [7, 11) is 1.52. The standard InChI is InChI=1S/C6H8BrClN2O2S/c1-3-10-4(2)5(6(7)9-10)13(8,11)12/h3H2,1-2H3. The van der Waals surface area contributed by atoms with Gasteiger partial charge in [0.2, 0.25) is 0 Å². The summed E-state index contributed by atoms with van der Waals surface area (Å²) in [6.45, 7) is 4.14. The van der Waals surface area contributed by atoms with E-state index in [-0.39, 0.29) is 9.50 Å². The van der Waals surface area contributed by atoms with Crippen LogP contribution in [0.25, 0.3) is 0 Å². The minimum absolute atomic E-state index is 0.0519. The minimum Gasteiger partial charge on any atom is -0.268 e. The molecular formula is C6H8BrClN2O2S. The third kappa shape index (κ3) is 2.05. The molecule has 0 radical (unpaired) electrons. The summed E-state index contributed by atoms with van der Waals surface area (Å²) in [6.07, 6.45) is 0. The lowest BCUT2D eigenvalue weighted by Gasteiger charge is -1.98. The molecule has 13 heavy (non-hydrogen) atoms. The van der Waals surface area contributed by atoms with Crippen molar-refractivity contribution in [1.29, 1.82) is 0 Å². The number of hydrogen-bond donors (Lipinski definition) is 0. The van der Waals surface area contributed by atoms with E-state index in [4.69, 9.17) is 10.7 Å². The fourth-order valence-electron chi connectivity index (χ4n) is 1.08. The molecule has 1 aromatic heterocycles. The summed E-state index contributed by atoms with van der Waals surface area (Å²) in [4.78, 5) is 0.0519. The fraction of sp³-hybridized carbons (Fsp3) is 0.500. The lowest BCUT2D eigenvalue weighted by Crippen LogP contribution is -2.00. The molecule has 0 aromatic carbocycles. The number of rotatable bonds is 2. The predicted octanol–water partition coefficient (Wildman–Crippen LogP) is 1.90. The molecule has 0 saturated heterocycles. The number of aryl methyl sites for hydroxylation is 1. The summed E-state index contributed by atoms with van der Waals surface area (Å²) in [5.74, 6) is 0. The van der Waals surface area contributed by atoms with Gasteiger partial charge in [-0.05, 0) is 29.8 Å². The van der Waals surface area contributed by atoms with E-state index in [0.717, 1.165) is 0 Å².